The van der Waals surface area contributed by atoms with Crippen molar-refractivity contribution in [2.45, 2.75) is 12.8 Å². The van der Waals surface area contributed by atoms with E-state index in [2.05, 4.69) is 4.98 Å². The summed E-state index contributed by atoms with van der Waals surface area (Å²) in [6.07, 6.45) is -3.10. The Morgan fingerprint density at radius 3 is 2.71 bits per heavy atom. The number of pyridine rings is 1. The van der Waals surface area contributed by atoms with Crippen molar-refractivity contribution in [2.75, 3.05) is 5.73 Å². The minimum absolute atomic E-state index is 0.0468. The molecule has 2 N–H and O–H groups in total. The molecule has 0 unspecified atom stereocenters. The Labute approximate surface area is 78.0 Å². The largest absolute Gasteiger partial charge is 0.395 e. The van der Waals surface area contributed by atoms with Crippen molar-refractivity contribution in [2.24, 2.45) is 0 Å². The Morgan fingerprint density at radius 1 is 1.57 bits per heavy atom. The number of aromatic nitrogens is 1. The molecule has 0 bridgehead atoms. The van der Waals surface area contributed by atoms with Gasteiger partial charge in [-0.1, -0.05) is 0 Å². The minimum Gasteiger partial charge on any atom is -0.395 e. The predicted octanol–water partition coefficient (Wildman–Crippen LogP) is 1.81. The lowest BCUT2D eigenvalue weighted by Gasteiger charge is -2.06. The first-order valence-electron chi connectivity index (χ1n) is 3.66. The van der Waals surface area contributed by atoms with E-state index < -0.39 is 23.6 Å². The van der Waals surface area contributed by atoms with Crippen LogP contribution >= 0.6 is 0 Å². The summed E-state index contributed by atoms with van der Waals surface area (Å²) >= 11 is 0. The smallest absolute Gasteiger partial charge is 0.266 e. The highest BCUT2D eigenvalue weighted by Gasteiger charge is 2.16. The molecule has 0 saturated heterocycles. The number of nitrogens with zero attached hydrogens (tertiary/aromatic N) is 2. The molecule has 0 radical (unpaired) electrons. The fraction of sp³-hybridized carbons (Fsp3) is 0.250. The van der Waals surface area contributed by atoms with Gasteiger partial charge in [0.2, 0.25) is 5.95 Å². The maximum Gasteiger partial charge on any atom is 0.266 e. The maximum absolute atomic E-state index is 12.8. The molecule has 14 heavy (non-hydrogen) atoms. The van der Waals surface area contributed by atoms with Crippen LogP contribution in [0.3, 0.4) is 0 Å². The van der Waals surface area contributed by atoms with E-state index in [-0.39, 0.29) is 12.1 Å². The van der Waals surface area contributed by atoms with Gasteiger partial charge in [0.05, 0.1) is 23.9 Å². The van der Waals surface area contributed by atoms with Crippen molar-refractivity contribution in [3.8, 4) is 6.07 Å². The van der Waals surface area contributed by atoms with Gasteiger partial charge in [-0.25, -0.2) is 13.8 Å². The zero-order chi connectivity index (χ0) is 10.7. The molecule has 0 saturated carbocycles. The van der Waals surface area contributed by atoms with Gasteiger partial charge in [-0.15, -0.1) is 0 Å². The van der Waals surface area contributed by atoms with E-state index in [4.69, 9.17) is 11.0 Å². The zero-order valence-corrected chi connectivity index (χ0v) is 6.97. The van der Waals surface area contributed by atoms with Crippen LogP contribution in [0.25, 0.3) is 0 Å². The Bertz CT molecular complexity index is 384. The van der Waals surface area contributed by atoms with Crippen LogP contribution in [0.5, 0.6) is 0 Å². The summed E-state index contributed by atoms with van der Waals surface area (Å²) in [4.78, 5) is 3.26. The molecule has 0 atom stereocenters. The molecule has 1 rings (SSSR count). The molecule has 1 heterocycles. The number of hydrogen-bond donors (Lipinski definition) is 1. The van der Waals surface area contributed by atoms with Gasteiger partial charge in [-0.2, -0.15) is 9.65 Å². The standard InChI is InChI=1S/C8H6F3N3/c9-7(10)5-3-4(1-2-12)14-8(11)6(5)13/h3,7H,1,13H2. The molecule has 0 aliphatic heterocycles. The maximum atomic E-state index is 12.8. The molecular weight excluding hydrogens is 195 g/mol. The zero-order valence-electron chi connectivity index (χ0n) is 6.97. The summed E-state index contributed by atoms with van der Waals surface area (Å²) in [5, 5.41) is 8.28. The molecule has 0 fully saturated rings. The molecular formula is C8H6F3N3. The first kappa shape index (κ1) is 10.3. The van der Waals surface area contributed by atoms with Crippen LogP contribution in [0, 0.1) is 17.3 Å². The summed E-state index contributed by atoms with van der Waals surface area (Å²) in [6, 6.07) is 2.62. The number of halogens is 3. The average molecular weight is 201 g/mol. The van der Waals surface area contributed by atoms with Gasteiger partial charge in [0, 0.05) is 5.56 Å². The van der Waals surface area contributed by atoms with E-state index in [1.807, 2.05) is 0 Å². The Balaban J connectivity index is 3.22. The van der Waals surface area contributed by atoms with Crippen LogP contribution in [0.2, 0.25) is 0 Å². The van der Waals surface area contributed by atoms with Crippen molar-refractivity contribution in [1.82, 2.24) is 4.98 Å². The molecule has 0 aliphatic rings. The lowest BCUT2D eigenvalue weighted by Crippen LogP contribution is -2.04. The number of rotatable bonds is 2. The first-order valence-corrected chi connectivity index (χ1v) is 3.66. The van der Waals surface area contributed by atoms with Crippen molar-refractivity contribution in [1.29, 1.82) is 5.26 Å². The molecule has 1 aromatic rings. The highest BCUT2D eigenvalue weighted by molar-refractivity contribution is 5.47. The van der Waals surface area contributed by atoms with Crippen LogP contribution in [0.15, 0.2) is 6.07 Å². The predicted molar refractivity (Wildman–Crippen MR) is 42.9 cm³/mol. The van der Waals surface area contributed by atoms with Gasteiger partial charge in [-0.3, -0.25) is 0 Å². The molecule has 0 spiro atoms. The van der Waals surface area contributed by atoms with Crippen molar-refractivity contribution >= 4 is 5.69 Å². The first-order chi connectivity index (χ1) is 6.56. The van der Waals surface area contributed by atoms with Crippen molar-refractivity contribution in [3.63, 3.8) is 0 Å². The third-order valence-electron chi connectivity index (χ3n) is 1.59. The van der Waals surface area contributed by atoms with Gasteiger partial charge in [0.25, 0.3) is 6.43 Å². The summed E-state index contributed by atoms with van der Waals surface area (Å²) in [6.45, 7) is 0. The molecule has 1 aromatic heterocycles. The third kappa shape index (κ3) is 1.93. The van der Waals surface area contributed by atoms with Gasteiger partial charge in [0.1, 0.15) is 0 Å². The molecule has 0 amide bonds. The summed E-state index contributed by atoms with van der Waals surface area (Å²) in [5.74, 6) is -1.16. The molecule has 0 aliphatic carbocycles. The van der Waals surface area contributed by atoms with Crippen LogP contribution in [0.4, 0.5) is 18.9 Å². The minimum atomic E-state index is -2.87. The van der Waals surface area contributed by atoms with Gasteiger partial charge >= 0.3 is 0 Å². The van der Waals surface area contributed by atoms with Crippen LogP contribution in [-0.4, -0.2) is 4.98 Å². The van der Waals surface area contributed by atoms with E-state index in [1.165, 1.54) is 0 Å². The molecule has 0 aromatic carbocycles. The quantitative estimate of drug-likeness (QED) is 0.742. The van der Waals surface area contributed by atoms with Gasteiger partial charge < -0.3 is 5.73 Å². The van der Waals surface area contributed by atoms with Crippen LogP contribution < -0.4 is 5.73 Å². The Morgan fingerprint density at radius 2 is 2.21 bits per heavy atom. The number of alkyl halides is 2. The van der Waals surface area contributed by atoms with E-state index in [1.54, 1.807) is 6.07 Å². The summed E-state index contributed by atoms with van der Waals surface area (Å²) < 4.78 is 37.4. The lowest BCUT2D eigenvalue weighted by atomic mass is 10.1. The highest BCUT2D eigenvalue weighted by atomic mass is 19.3. The topological polar surface area (TPSA) is 62.7 Å². The second-order valence-electron chi connectivity index (χ2n) is 2.54. The average Bonchev–Trinajstić information content (AvgIpc) is 2.11. The summed E-state index contributed by atoms with van der Waals surface area (Å²) in [5.41, 5.74) is 3.71. The van der Waals surface area contributed by atoms with E-state index >= 15 is 0 Å². The van der Waals surface area contributed by atoms with Crippen molar-refractivity contribution in [3.05, 3.63) is 23.3 Å². The van der Waals surface area contributed by atoms with E-state index in [9.17, 15) is 13.2 Å². The fourth-order valence-corrected chi connectivity index (χ4v) is 0.947. The number of nitriles is 1. The van der Waals surface area contributed by atoms with E-state index in [0.717, 1.165) is 6.07 Å². The SMILES string of the molecule is N#CCc1cc(C(F)F)c(N)c(F)n1. The van der Waals surface area contributed by atoms with Gasteiger partial charge in [0.15, 0.2) is 0 Å². The second kappa shape index (κ2) is 3.96. The monoisotopic (exact) mass is 201 g/mol. The number of nitrogens with two attached hydrogens (primary N) is 1. The lowest BCUT2D eigenvalue weighted by molar-refractivity contribution is 0.151. The second-order valence-corrected chi connectivity index (χ2v) is 2.54. The normalized spacial score (nSPS) is 10.2. The number of anilines is 1. The van der Waals surface area contributed by atoms with E-state index in [0.29, 0.717) is 0 Å². The number of nitrogen functional groups attached to an aromatic ring is 1. The highest BCUT2D eigenvalue weighted by Crippen LogP contribution is 2.26. The van der Waals surface area contributed by atoms with Crippen LogP contribution in [-0.2, 0) is 6.42 Å². The number of hydrogen-bond acceptors (Lipinski definition) is 3. The Hall–Kier alpha value is -1.77. The molecule has 74 valence electrons. The molecule has 6 heteroatoms. The van der Waals surface area contributed by atoms with Crippen LogP contribution in [0.1, 0.15) is 17.7 Å². The van der Waals surface area contributed by atoms with Crippen molar-refractivity contribution < 1.29 is 13.2 Å². The third-order valence-corrected chi connectivity index (χ3v) is 1.59. The Kier molecular flexibility index (Phi) is 2.92. The summed E-state index contributed by atoms with van der Waals surface area (Å²) in [7, 11) is 0. The molecule has 3 nitrogen and oxygen atoms in total. The fourth-order valence-electron chi connectivity index (χ4n) is 0.947. The van der Waals surface area contributed by atoms with Gasteiger partial charge in [-0.05, 0) is 6.07 Å².